The van der Waals surface area contributed by atoms with E-state index in [0.717, 1.165) is 52.5 Å². The number of nitrogens with zero attached hydrogens (tertiary/aromatic N) is 1. The number of rotatable bonds is 5. The molecule has 1 aromatic heterocycles. The number of amides is 1. The Hall–Kier alpha value is -2.68. The molecule has 0 fully saturated rings. The molecule has 3 nitrogen and oxygen atoms in total. The van der Waals surface area contributed by atoms with Gasteiger partial charge in [0.1, 0.15) is 0 Å². The third kappa shape index (κ3) is 3.30. The number of carbonyl (C=O) groups excluding carboxylic acids is 1. The molecule has 0 radical (unpaired) electrons. The fraction of sp³-hybridized carbons (Fsp3) is 0.238. The first-order chi connectivity index (χ1) is 11.7. The summed E-state index contributed by atoms with van der Waals surface area (Å²) in [5.41, 5.74) is 4.48. The summed E-state index contributed by atoms with van der Waals surface area (Å²) in [7, 11) is 0. The maximum atomic E-state index is 12.9. The van der Waals surface area contributed by atoms with Crippen molar-refractivity contribution in [3.05, 3.63) is 71.4 Å². The van der Waals surface area contributed by atoms with Crippen LogP contribution in [0.25, 0.3) is 10.9 Å². The third-order valence-corrected chi connectivity index (χ3v) is 4.27. The fourth-order valence-corrected chi connectivity index (χ4v) is 3.02. The third-order valence-electron chi connectivity index (χ3n) is 4.27. The van der Waals surface area contributed by atoms with Crippen molar-refractivity contribution >= 4 is 22.5 Å². The number of unbranched alkanes of at least 4 members (excludes halogenated alkanes) is 1. The second-order valence-corrected chi connectivity index (χ2v) is 6.05. The number of aromatic nitrogens is 1. The first-order valence-corrected chi connectivity index (χ1v) is 8.44. The van der Waals surface area contributed by atoms with Crippen LogP contribution in [0.4, 0.5) is 5.69 Å². The summed E-state index contributed by atoms with van der Waals surface area (Å²) >= 11 is 0. The molecule has 0 unspecified atom stereocenters. The average molecular weight is 318 g/mol. The number of fused-ring (bicyclic) bond motifs is 1. The lowest BCUT2D eigenvalue weighted by atomic mass is 9.97. The lowest BCUT2D eigenvalue weighted by molar-refractivity contribution is 0.102. The van der Waals surface area contributed by atoms with Crippen molar-refractivity contribution in [1.82, 2.24) is 4.98 Å². The number of aryl methyl sites for hydroxylation is 2. The summed E-state index contributed by atoms with van der Waals surface area (Å²) < 4.78 is 0. The minimum atomic E-state index is -0.0580. The van der Waals surface area contributed by atoms with Gasteiger partial charge in [0.15, 0.2) is 0 Å². The quantitative estimate of drug-likeness (QED) is 0.708. The molecule has 0 aliphatic carbocycles. The van der Waals surface area contributed by atoms with Gasteiger partial charge in [-0.1, -0.05) is 49.7 Å². The van der Waals surface area contributed by atoms with Crippen LogP contribution in [-0.4, -0.2) is 10.9 Å². The molecule has 2 aromatic carbocycles. The van der Waals surface area contributed by atoms with Crippen molar-refractivity contribution in [1.29, 1.82) is 0 Å². The smallest absolute Gasteiger partial charge is 0.256 e. The van der Waals surface area contributed by atoms with E-state index >= 15 is 0 Å². The zero-order valence-corrected chi connectivity index (χ0v) is 14.2. The summed E-state index contributed by atoms with van der Waals surface area (Å²) in [6.07, 6.45) is 4.87. The van der Waals surface area contributed by atoms with Gasteiger partial charge >= 0.3 is 0 Å². The van der Waals surface area contributed by atoms with Gasteiger partial charge in [-0.3, -0.25) is 9.78 Å². The number of para-hydroxylation sites is 1. The van der Waals surface area contributed by atoms with E-state index in [0.29, 0.717) is 0 Å². The summed E-state index contributed by atoms with van der Waals surface area (Å²) in [6, 6.07) is 15.8. The van der Waals surface area contributed by atoms with Gasteiger partial charge < -0.3 is 5.32 Å². The van der Waals surface area contributed by atoms with E-state index in [1.807, 2.05) is 49.4 Å². The monoisotopic (exact) mass is 318 g/mol. The van der Waals surface area contributed by atoms with Crippen molar-refractivity contribution < 1.29 is 4.79 Å². The first-order valence-electron chi connectivity index (χ1n) is 8.44. The Morgan fingerprint density at radius 1 is 1.08 bits per heavy atom. The molecule has 0 aliphatic rings. The van der Waals surface area contributed by atoms with E-state index in [1.165, 1.54) is 0 Å². The van der Waals surface area contributed by atoms with E-state index in [2.05, 4.69) is 23.3 Å². The van der Waals surface area contributed by atoms with Crippen LogP contribution in [0.1, 0.15) is 41.3 Å². The van der Waals surface area contributed by atoms with E-state index in [9.17, 15) is 4.79 Å². The van der Waals surface area contributed by atoms with Gasteiger partial charge in [0.25, 0.3) is 5.91 Å². The molecule has 0 atom stereocenters. The van der Waals surface area contributed by atoms with Crippen LogP contribution in [0.3, 0.4) is 0 Å². The summed E-state index contributed by atoms with van der Waals surface area (Å²) in [4.78, 5) is 17.3. The standard InChI is InChI=1S/C21H22N2O/c1-3-4-9-16-10-5-8-15(2)19(16)21(24)23-18-13-6-11-17-12-7-14-22-20(17)18/h5-8,10-14H,3-4,9H2,1-2H3,(H,23,24). The lowest BCUT2D eigenvalue weighted by Crippen LogP contribution is -2.16. The maximum Gasteiger partial charge on any atom is 0.256 e. The number of anilines is 1. The fourth-order valence-electron chi connectivity index (χ4n) is 3.02. The Morgan fingerprint density at radius 2 is 1.88 bits per heavy atom. The highest BCUT2D eigenvalue weighted by atomic mass is 16.1. The highest BCUT2D eigenvalue weighted by molar-refractivity contribution is 6.09. The van der Waals surface area contributed by atoms with Gasteiger partial charge in [-0.25, -0.2) is 0 Å². The van der Waals surface area contributed by atoms with Gasteiger partial charge in [0.2, 0.25) is 0 Å². The zero-order chi connectivity index (χ0) is 16.9. The predicted octanol–water partition coefficient (Wildman–Crippen LogP) is 5.14. The van der Waals surface area contributed by atoms with Crippen LogP contribution in [0.15, 0.2) is 54.7 Å². The van der Waals surface area contributed by atoms with Gasteiger partial charge in [0, 0.05) is 17.1 Å². The van der Waals surface area contributed by atoms with Crippen LogP contribution in [0.2, 0.25) is 0 Å². The number of hydrogen-bond acceptors (Lipinski definition) is 2. The molecule has 0 saturated heterocycles. The van der Waals surface area contributed by atoms with Crippen LogP contribution in [-0.2, 0) is 6.42 Å². The molecule has 0 saturated carbocycles. The Bertz CT molecular complexity index is 865. The molecular weight excluding hydrogens is 296 g/mol. The molecule has 3 heteroatoms. The van der Waals surface area contributed by atoms with Crippen molar-refractivity contribution in [2.75, 3.05) is 5.32 Å². The Morgan fingerprint density at radius 3 is 2.71 bits per heavy atom. The van der Waals surface area contributed by atoms with E-state index in [-0.39, 0.29) is 5.91 Å². The number of pyridine rings is 1. The first kappa shape index (κ1) is 16.2. The Kier molecular flexibility index (Phi) is 4.90. The summed E-state index contributed by atoms with van der Waals surface area (Å²) in [5.74, 6) is -0.0580. The largest absolute Gasteiger partial charge is 0.320 e. The molecule has 122 valence electrons. The molecule has 3 aromatic rings. The maximum absolute atomic E-state index is 12.9. The highest BCUT2D eigenvalue weighted by Crippen LogP contribution is 2.23. The molecule has 0 spiro atoms. The molecule has 1 N–H and O–H groups in total. The number of carbonyl (C=O) groups is 1. The molecule has 3 rings (SSSR count). The minimum absolute atomic E-state index is 0.0580. The molecular formula is C21H22N2O. The second kappa shape index (κ2) is 7.26. The average Bonchev–Trinajstić information content (AvgIpc) is 2.60. The van der Waals surface area contributed by atoms with Crippen molar-refractivity contribution in [3.63, 3.8) is 0 Å². The summed E-state index contributed by atoms with van der Waals surface area (Å²) in [6.45, 7) is 4.16. The van der Waals surface area contributed by atoms with Crippen LogP contribution in [0, 0.1) is 6.92 Å². The minimum Gasteiger partial charge on any atom is -0.320 e. The number of hydrogen-bond donors (Lipinski definition) is 1. The van der Waals surface area contributed by atoms with Gasteiger partial charge in [0.05, 0.1) is 11.2 Å². The number of nitrogens with one attached hydrogen (secondary N) is 1. The van der Waals surface area contributed by atoms with Crippen LogP contribution < -0.4 is 5.32 Å². The van der Waals surface area contributed by atoms with Gasteiger partial charge in [-0.15, -0.1) is 0 Å². The molecule has 24 heavy (non-hydrogen) atoms. The summed E-state index contributed by atoms with van der Waals surface area (Å²) in [5, 5.41) is 4.08. The molecule has 0 aliphatic heterocycles. The lowest BCUT2D eigenvalue weighted by Gasteiger charge is -2.13. The van der Waals surface area contributed by atoms with Gasteiger partial charge in [-0.05, 0) is 43.0 Å². The highest BCUT2D eigenvalue weighted by Gasteiger charge is 2.15. The van der Waals surface area contributed by atoms with E-state index in [1.54, 1.807) is 6.20 Å². The second-order valence-electron chi connectivity index (χ2n) is 6.05. The number of benzene rings is 2. The molecule has 1 heterocycles. The van der Waals surface area contributed by atoms with Crippen molar-refractivity contribution in [2.45, 2.75) is 33.1 Å². The van der Waals surface area contributed by atoms with Gasteiger partial charge in [-0.2, -0.15) is 0 Å². The normalized spacial score (nSPS) is 10.8. The topological polar surface area (TPSA) is 42.0 Å². The van der Waals surface area contributed by atoms with E-state index in [4.69, 9.17) is 0 Å². The van der Waals surface area contributed by atoms with Crippen molar-refractivity contribution in [2.24, 2.45) is 0 Å². The van der Waals surface area contributed by atoms with E-state index < -0.39 is 0 Å². The van der Waals surface area contributed by atoms with Crippen LogP contribution >= 0.6 is 0 Å². The molecule has 1 amide bonds. The SMILES string of the molecule is CCCCc1cccc(C)c1C(=O)Nc1cccc2cccnc12. The Balaban J connectivity index is 1.95. The van der Waals surface area contributed by atoms with Crippen molar-refractivity contribution in [3.8, 4) is 0 Å². The Labute approximate surface area is 142 Å². The van der Waals surface area contributed by atoms with Crippen LogP contribution in [0.5, 0.6) is 0 Å². The molecule has 0 bridgehead atoms. The predicted molar refractivity (Wildman–Crippen MR) is 99.5 cm³/mol. The zero-order valence-electron chi connectivity index (χ0n) is 14.2.